The molecule has 7 heteroatoms. The number of amides is 2. The second-order valence-corrected chi connectivity index (χ2v) is 6.50. The zero-order chi connectivity index (χ0) is 17.9. The van der Waals surface area contributed by atoms with Crippen LogP contribution >= 0.6 is 11.6 Å². The van der Waals surface area contributed by atoms with E-state index in [0.717, 1.165) is 0 Å². The number of rotatable bonds is 5. The molecule has 6 nitrogen and oxygen atoms in total. The zero-order valence-electron chi connectivity index (χ0n) is 13.7. The molecule has 0 radical (unpaired) electrons. The van der Waals surface area contributed by atoms with E-state index >= 15 is 0 Å². The fourth-order valence-electron chi connectivity index (χ4n) is 2.91. The maximum absolute atomic E-state index is 12.6. The zero-order valence-corrected chi connectivity index (χ0v) is 14.5. The Morgan fingerprint density at radius 3 is 2.50 bits per heavy atom. The maximum atomic E-state index is 12.6. The number of piperidine rings is 1. The molecule has 130 valence electrons. The van der Waals surface area contributed by atoms with E-state index in [1.54, 1.807) is 43.1 Å². The highest BCUT2D eigenvalue weighted by Gasteiger charge is 2.42. The van der Waals surface area contributed by atoms with Gasteiger partial charge < -0.3 is 15.3 Å². The van der Waals surface area contributed by atoms with Gasteiger partial charge in [0.05, 0.1) is 0 Å². The number of hydrogen-bond donors (Lipinski definition) is 2. The van der Waals surface area contributed by atoms with Gasteiger partial charge in [-0.1, -0.05) is 30.7 Å². The molecule has 0 saturated carbocycles. The Balaban J connectivity index is 2.26. The second-order valence-electron chi connectivity index (χ2n) is 6.07. The molecule has 2 atom stereocenters. The minimum atomic E-state index is -1.53. The van der Waals surface area contributed by atoms with Crippen LogP contribution in [0.25, 0.3) is 0 Å². The van der Waals surface area contributed by atoms with Gasteiger partial charge in [-0.2, -0.15) is 0 Å². The molecule has 2 rings (SSSR count). The quantitative estimate of drug-likeness (QED) is 0.848. The third-order valence-electron chi connectivity index (χ3n) is 4.60. The predicted octanol–water partition coefficient (Wildman–Crippen LogP) is 2.01. The Hall–Kier alpha value is -2.08. The van der Waals surface area contributed by atoms with Crippen molar-refractivity contribution in [2.45, 2.75) is 31.7 Å². The van der Waals surface area contributed by atoms with Crippen LogP contribution in [0.15, 0.2) is 24.3 Å². The summed E-state index contributed by atoms with van der Waals surface area (Å²) in [4.78, 5) is 37.9. The van der Waals surface area contributed by atoms with Crippen LogP contribution in [0.5, 0.6) is 0 Å². The lowest BCUT2D eigenvalue weighted by Crippen LogP contribution is -2.54. The Bertz CT molecular complexity index is 646. The van der Waals surface area contributed by atoms with Crippen LogP contribution in [-0.4, -0.2) is 41.4 Å². The fraction of sp³-hybridized carbons (Fsp3) is 0.471. The number of halogens is 1. The summed E-state index contributed by atoms with van der Waals surface area (Å²) < 4.78 is 0. The number of likely N-dealkylation sites (tertiary alicyclic amines) is 1. The van der Waals surface area contributed by atoms with E-state index in [9.17, 15) is 19.5 Å². The summed E-state index contributed by atoms with van der Waals surface area (Å²) in [6, 6.07) is 6.38. The summed E-state index contributed by atoms with van der Waals surface area (Å²) >= 11 is 5.86. The number of carbonyl (C=O) groups is 3. The van der Waals surface area contributed by atoms with E-state index < -0.39 is 23.3 Å². The van der Waals surface area contributed by atoms with Gasteiger partial charge in [0.1, 0.15) is 0 Å². The third kappa shape index (κ3) is 3.53. The molecule has 2 amide bonds. The molecule has 0 bridgehead atoms. The molecule has 1 aliphatic heterocycles. The van der Waals surface area contributed by atoms with Gasteiger partial charge in [0.25, 0.3) is 0 Å². The number of nitrogens with zero attached hydrogens (tertiary/aromatic N) is 1. The smallest absolute Gasteiger partial charge is 0.334 e. The molecule has 1 heterocycles. The molecule has 1 aliphatic rings. The molecule has 2 unspecified atom stereocenters. The first kappa shape index (κ1) is 18.3. The summed E-state index contributed by atoms with van der Waals surface area (Å²) in [5.74, 6) is -2.16. The van der Waals surface area contributed by atoms with E-state index in [1.165, 1.54) is 0 Å². The van der Waals surface area contributed by atoms with Gasteiger partial charge in [0.15, 0.2) is 5.54 Å². The van der Waals surface area contributed by atoms with Crippen molar-refractivity contribution in [3.05, 3.63) is 34.9 Å². The lowest BCUT2D eigenvalue weighted by atomic mass is 9.85. The van der Waals surface area contributed by atoms with Crippen LogP contribution in [-0.2, 0) is 19.9 Å². The molecule has 1 fully saturated rings. The largest absolute Gasteiger partial charge is 0.479 e. The van der Waals surface area contributed by atoms with Crippen molar-refractivity contribution < 1.29 is 19.5 Å². The van der Waals surface area contributed by atoms with E-state index in [2.05, 4.69) is 5.32 Å². The van der Waals surface area contributed by atoms with Crippen molar-refractivity contribution in [1.29, 1.82) is 0 Å². The van der Waals surface area contributed by atoms with E-state index in [-0.39, 0.29) is 18.7 Å². The topological polar surface area (TPSA) is 86.7 Å². The number of aliphatic carboxylic acids is 1. The van der Waals surface area contributed by atoms with Crippen LogP contribution < -0.4 is 5.32 Å². The van der Waals surface area contributed by atoms with Crippen LogP contribution in [0.2, 0.25) is 5.02 Å². The van der Waals surface area contributed by atoms with E-state index in [0.29, 0.717) is 23.6 Å². The van der Waals surface area contributed by atoms with Gasteiger partial charge in [-0.05, 0) is 30.5 Å². The highest BCUT2D eigenvalue weighted by Crippen LogP contribution is 2.28. The van der Waals surface area contributed by atoms with Gasteiger partial charge in [-0.25, -0.2) is 4.79 Å². The van der Waals surface area contributed by atoms with Gasteiger partial charge >= 0.3 is 5.97 Å². The van der Waals surface area contributed by atoms with Gasteiger partial charge in [-0.3, -0.25) is 9.59 Å². The number of carbonyl (C=O) groups excluding carboxylic acids is 2. The molecule has 0 spiro atoms. The summed E-state index contributed by atoms with van der Waals surface area (Å²) in [5.41, 5.74) is -1.08. The van der Waals surface area contributed by atoms with Crippen molar-refractivity contribution in [3.63, 3.8) is 0 Å². The summed E-state index contributed by atoms with van der Waals surface area (Å²) in [6.45, 7) is 2.19. The van der Waals surface area contributed by atoms with Crippen LogP contribution in [0, 0.1) is 5.92 Å². The molecule has 1 aromatic rings. The average Bonchev–Trinajstić information content (AvgIpc) is 2.55. The minimum Gasteiger partial charge on any atom is -0.479 e. The first-order valence-corrected chi connectivity index (χ1v) is 8.23. The van der Waals surface area contributed by atoms with E-state index in [4.69, 9.17) is 11.6 Å². The minimum absolute atomic E-state index is 0.0996. The van der Waals surface area contributed by atoms with Crippen LogP contribution in [0.3, 0.4) is 0 Å². The second kappa shape index (κ2) is 7.21. The van der Waals surface area contributed by atoms with Crippen LogP contribution in [0.1, 0.15) is 31.7 Å². The molecule has 24 heavy (non-hydrogen) atoms. The highest BCUT2D eigenvalue weighted by atomic mass is 35.5. The maximum Gasteiger partial charge on any atom is 0.334 e. The van der Waals surface area contributed by atoms with Gasteiger partial charge in [0, 0.05) is 31.0 Å². The van der Waals surface area contributed by atoms with Crippen molar-refractivity contribution in [2.24, 2.45) is 5.92 Å². The Kier molecular flexibility index (Phi) is 5.49. The molecule has 0 aromatic heterocycles. The number of benzene rings is 1. The highest BCUT2D eigenvalue weighted by molar-refractivity contribution is 6.30. The normalized spacial score (nSPS) is 20.4. The van der Waals surface area contributed by atoms with Gasteiger partial charge in [0.2, 0.25) is 11.8 Å². The molecular weight excluding hydrogens is 332 g/mol. The number of nitrogens with one attached hydrogen (secondary N) is 1. The number of carboxylic acids is 1. The lowest BCUT2D eigenvalue weighted by Gasteiger charge is -2.34. The summed E-state index contributed by atoms with van der Waals surface area (Å²) in [6.07, 6.45) is 0.798. The first-order chi connectivity index (χ1) is 11.3. The lowest BCUT2D eigenvalue weighted by molar-refractivity contribution is -0.150. The monoisotopic (exact) mass is 352 g/mol. The molecular formula is C17H21ClN2O4. The van der Waals surface area contributed by atoms with Crippen molar-refractivity contribution in [3.8, 4) is 0 Å². The molecule has 2 N–H and O–H groups in total. The standard InChI is InChI=1S/C17H21ClN2O4/c1-3-17(16(23)24,12-4-6-13(18)7-5-12)19-15(22)11-8-9-20(2)14(21)10-11/h4-7,11H,3,8-10H2,1-2H3,(H,19,22)(H,23,24). The first-order valence-electron chi connectivity index (χ1n) is 7.85. The van der Waals surface area contributed by atoms with E-state index in [1.807, 2.05) is 0 Å². The van der Waals surface area contributed by atoms with Crippen molar-refractivity contribution in [1.82, 2.24) is 10.2 Å². The molecule has 1 saturated heterocycles. The fourth-order valence-corrected chi connectivity index (χ4v) is 3.03. The molecule has 0 aliphatic carbocycles. The Morgan fingerprint density at radius 1 is 1.38 bits per heavy atom. The summed E-state index contributed by atoms with van der Waals surface area (Å²) in [7, 11) is 1.69. The Morgan fingerprint density at radius 2 is 2.00 bits per heavy atom. The molecule has 1 aromatic carbocycles. The SMILES string of the molecule is CCC(NC(=O)C1CCN(C)C(=O)C1)(C(=O)O)c1ccc(Cl)cc1. The predicted molar refractivity (Wildman–Crippen MR) is 89.6 cm³/mol. The number of hydrogen-bond acceptors (Lipinski definition) is 3. The Labute approximate surface area is 145 Å². The summed E-state index contributed by atoms with van der Waals surface area (Å²) in [5, 5.41) is 12.9. The van der Waals surface area contributed by atoms with Crippen molar-refractivity contribution >= 4 is 29.4 Å². The van der Waals surface area contributed by atoms with Gasteiger partial charge in [-0.15, -0.1) is 0 Å². The third-order valence-corrected chi connectivity index (χ3v) is 4.85. The van der Waals surface area contributed by atoms with Crippen LogP contribution in [0.4, 0.5) is 0 Å². The average molecular weight is 353 g/mol. The van der Waals surface area contributed by atoms with Crippen molar-refractivity contribution in [2.75, 3.05) is 13.6 Å². The number of carboxylic acid groups (broad SMARTS) is 1.